The van der Waals surface area contributed by atoms with Crippen molar-refractivity contribution in [3.8, 4) is 5.75 Å². The number of hydrogen-bond acceptors (Lipinski definition) is 3. The van der Waals surface area contributed by atoms with E-state index in [9.17, 15) is 0 Å². The summed E-state index contributed by atoms with van der Waals surface area (Å²) in [7, 11) is 0. The van der Waals surface area contributed by atoms with Crippen molar-refractivity contribution in [3.63, 3.8) is 0 Å². The van der Waals surface area contributed by atoms with Gasteiger partial charge in [0.1, 0.15) is 12.4 Å². The summed E-state index contributed by atoms with van der Waals surface area (Å²) in [6, 6.07) is 21.6. The number of hydrogen-bond donors (Lipinski definition) is 1. The van der Waals surface area contributed by atoms with Crippen LogP contribution in [-0.4, -0.2) is 31.0 Å². The molecule has 176 valence electrons. The number of para-hydroxylation sites is 1. The van der Waals surface area contributed by atoms with Gasteiger partial charge in [-0.3, -0.25) is 0 Å². The lowest BCUT2D eigenvalue weighted by atomic mass is 10.3. The van der Waals surface area contributed by atoms with Crippen LogP contribution in [0.4, 0.5) is 0 Å². The van der Waals surface area contributed by atoms with Crippen molar-refractivity contribution in [1.29, 1.82) is 0 Å². The zero-order valence-electron chi connectivity index (χ0n) is 21.2. The van der Waals surface area contributed by atoms with Crippen LogP contribution in [0.25, 0.3) is 0 Å². The highest BCUT2D eigenvalue weighted by Gasteiger charge is 1.95. The van der Waals surface area contributed by atoms with Gasteiger partial charge in [0.25, 0.3) is 0 Å². The fraction of sp³-hybridized carbons (Fsp3) is 0.556. The highest BCUT2D eigenvalue weighted by atomic mass is 16.5. The zero-order valence-corrected chi connectivity index (χ0v) is 21.2. The van der Waals surface area contributed by atoms with E-state index in [1.807, 2.05) is 94.4 Å². The van der Waals surface area contributed by atoms with E-state index in [0.29, 0.717) is 19.8 Å². The molecule has 2 rings (SSSR count). The molecule has 0 aliphatic carbocycles. The monoisotopic (exact) mass is 422 g/mol. The summed E-state index contributed by atoms with van der Waals surface area (Å²) in [6.45, 7) is 19.6. The van der Waals surface area contributed by atoms with Crippen LogP contribution in [0.1, 0.15) is 75.2 Å². The number of rotatable bonds is 6. The second kappa shape index (κ2) is 37.8. The quantitative estimate of drug-likeness (QED) is 0.479. The number of ether oxygens (including phenoxy) is 2. The van der Waals surface area contributed by atoms with Crippen LogP contribution in [0.15, 0.2) is 66.7 Å². The SMILES string of the molecule is CC.CC.CC(O)COCCOc1ccccc1.CCC.CCC.c1ccccc1. The number of aliphatic hydroxyl groups is 1. The van der Waals surface area contributed by atoms with Crippen LogP contribution in [0.3, 0.4) is 0 Å². The minimum absolute atomic E-state index is 0.359. The molecule has 1 atom stereocenters. The van der Waals surface area contributed by atoms with E-state index in [-0.39, 0.29) is 0 Å². The highest BCUT2D eigenvalue weighted by Crippen LogP contribution is 2.07. The molecule has 0 heterocycles. The minimum Gasteiger partial charge on any atom is -0.491 e. The Balaban J connectivity index is -0.000000175. The standard InChI is InChI=1S/C11H16O3.C6H6.2C3H8.2C2H6/c1-10(12)9-13-7-8-14-11-5-3-2-4-6-11;1-2-4-6-5-3-1;2*1-3-2;2*1-2/h2-6,10,12H,7-9H2,1H3;1-6H;2*3H2,1-2H3;2*1-2H3. The number of aliphatic hydroxyl groups excluding tert-OH is 1. The van der Waals surface area contributed by atoms with Crippen molar-refractivity contribution < 1.29 is 14.6 Å². The molecule has 3 nitrogen and oxygen atoms in total. The number of benzene rings is 2. The normalized spacial score (nSPS) is 9.00. The molecule has 30 heavy (non-hydrogen) atoms. The van der Waals surface area contributed by atoms with E-state index < -0.39 is 6.10 Å². The minimum atomic E-state index is -0.410. The Bertz CT molecular complexity index is 415. The van der Waals surface area contributed by atoms with Gasteiger partial charge in [0, 0.05) is 0 Å². The third kappa shape index (κ3) is 40.7. The van der Waals surface area contributed by atoms with E-state index in [1.54, 1.807) is 6.92 Å². The van der Waals surface area contributed by atoms with Crippen molar-refractivity contribution in [2.45, 2.75) is 81.3 Å². The third-order valence-electron chi connectivity index (χ3n) is 2.27. The smallest absolute Gasteiger partial charge is 0.119 e. The molecule has 0 spiro atoms. The van der Waals surface area contributed by atoms with Gasteiger partial charge in [-0.1, -0.05) is 123 Å². The molecule has 0 aromatic heterocycles. The molecule has 2 aromatic carbocycles. The Labute approximate surface area is 188 Å². The van der Waals surface area contributed by atoms with Crippen molar-refractivity contribution in [2.75, 3.05) is 19.8 Å². The molecule has 1 unspecified atom stereocenters. The second-order valence-electron chi connectivity index (χ2n) is 5.65. The van der Waals surface area contributed by atoms with Crippen LogP contribution in [0.5, 0.6) is 5.75 Å². The summed E-state index contributed by atoms with van der Waals surface area (Å²) in [6.07, 6.45) is 2.09. The van der Waals surface area contributed by atoms with Crippen molar-refractivity contribution in [3.05, 3.63) is 66.7 Å². The first-order chi connectivity index (χ1) is 14.6. The van der Waals surface area contributed by atoms with E-state index >= 15 is 0 Å². The maximum absolute atomic E-state index is 8.90. The van der Waals surface area contributed by atoms with Gasteiger partial charge in [0.15, 0.2) is 0 Å². The topological polar surface area (TPSA) is 38.7 Å². The summed E-state index contributed by atoms with van der Waals surface area (Å²) < 4.78 is 10.5. The fourth-order valence-electron chi connectivity index (χ4n) is 1.37. The summed E-state index contributed by atoms with van der Waals surface area (Å²) in [4.78, 5) is 0. The van der Waals surface area contributed by atoms with Gasteiger partial charge >= 0.3 is 0 Å². The van der Waals surface area contributed by atoms with Crippen LogP contribution < -0.4 is 4.74 Å². The molecule has 0 fully saturated rings. The first-order valence-corrected chi connectivity index (χ1v) is 11.6. The zero-order chi connectivity index (χ0) is 23.9. The van der Waals surface area contributed by atoms with Gasteiger partial charge < -0.3 is 14.6 Å². The van der Waals surface area contributed by atoms with Gasteiger partial charge in [-0.05, 0) is 19.1 Å². The molecular formula is C27H50O3. The average Bonchev–Trinajstić information content (AvgIpc) is 2.80. The fourth-order valence-corrected chi connectivity index (χ4v) is 1.37. The van der Waals surface area contributed by atoms with Crippen molar-refractivity contribution >= 4 is 0 Å². The Kier molecular flexibility index (Phi) is 44.9. The molecule has 0 bridgehead atoms. The van der Waals surface area contributed by atoms with Crippen LogP contribution >= 0.6 is 0 Å². The van der Waals surface area contributed by atoms with Gasteiger partial charge in [-0.2, -0.15) is 0 Å². The first kappa shape index (κ1) is 35.6. The van der Waals surface area contributed by atoms with Crippen molar-refractivity contribution in [2.24, 2.45) is 0 Å². The molecule has 0 aliphatic heterocycles. The first-order valence-electron chi connectivity index (χ1n) is 11.6. The average molecular weight is 423 g/mol. The molecule has 3 heteroatoms. The lowest BCUT2D eigenvalue weighted by Gasteiger charge is -2.07. The maximum Gasteiger partial charge on any atom is 0.119 e. The van der Waals surface area contributed by atoms with E-state index in [1.165, 1.54) is 12.8 Å². The summed E-state index contributed by atoms with van der Waals surface area (Å²) >= 11 is 0. The maximum atomic E-state index is 8.90. The molecule has 0 saturated heterocycles. The Morgan fingerprint density at radius 2 is 1.00 bits per heavy atom. The van der Waals surface area contributed by atoms with Gasteiger partial charge in [0.05, 0.1) is 19.3 Å². The Hall–Kier alpha value is -1.84. The van der Waals surface area contributed by atoms with Crippen molar-refractivity contribution in [1.82, 2.24) is 0 Å². The van der Waals surface area contributed by atoms with Gasteiger partial charge in [-0.15, -0.1) is 0 Å². The van der Waals surface area contributed by atoms with Gasteiger partial charge in [-0.25, -0.2) is 0 Å². The molecule has 1 N–H and O–H groups in total. The van der Waals surface area contributed by atoms with E-state index in [0.717, 1.165) is 5.75 Å². The predicted molar refractivity (Wildman–Crippen MR) is 136 cm³/mol. The summed E-state index contributed by atoms with van der Waals surface area (Å²) in [5, 5.41) is 8.90. The molecule has 2 aromatic rings. The largest absolute Gasteiger partial charge is 0.491 e. The Morgan fingerprint density at radius 3 is 1.33 bits per heavy atom. The third-order valence-corrected chi connectivity index (χ3v) is 2.27. The van der Waals surface area contributed by atoms with Crippen LogP contribution in [0.2, 0.25) is 0 Å². The molecule has 0 saturated carbocycles. The molecule has 0 radical (unpaired) electrons. The lowest BCUT2D eigenvalue weighted by Crippen LogP contribution is -2.14. The van der Waals surface area contributed by atoms with Crippen LogP contribution in [0, 0.1) is 0 Å². The predicted octanol–water partition coefficient (Wildman–Crippen LogP) is 8.03. The summed E-state index contributed by atoms with van der Waals surface area (Å²) in [5.41, 5.74) is 0. The van der Waals surface area contributed by atoms with Gasteiger partial charge in [0.2, 0.25) is 0 Å². The van der Waals surface area contributed by atoms with E-state index in [4.69, 9.17) is 14.6 Å². The molecule has 0 aliphatic rings. The molecule has 0 amide bonds. The van der Waals surface area contributed by atoms with E-state index in [2.05, 4.69) is 27.7 Å². The lowest BCUT2D eigenvalue weighted by molar-refractivity contribution is 0.0329. The molecular weight excluding hydrogens is 372 g/mol. The Morgan fingerprint density at radius 1 is 0.667 bits per heavy atom. The second-order valence-corrected chi connectivity index (χ2v) is 5.65. The highest BCUT2D eigenvalue weighted by molar-refractivity contribution is 5.20. The van der Waals surface area contributed by atoms with Crippen LogP contribution in [-0.2, 0) is 4.74 Å². The summed E-state index contributed by atoms with van der Waals surface area (Å²) in [5.74, 6) is 0.841.